The van der Waals surface area contributed by atoms with E-state index in [1.54, 1.807) is 24.3 Å². The Balaban J connectivity index is 2.10. The van der Waals surface area contributed by atoms with Gasteiger partial charge in [-0.3, -0.25) is 0 Å². The molecule has 3 nitrogen and oxygen atoms in total. The number of carbonyl (C=O) groups is 1. The van der Waals surface area contributed by atoms with E-state index in [4.69, 9.17) is 5.11 Å². The summed E-state index contributed by atoms with van der Waals surface area (Å²) in [7, 11) is 0. The molecule has 0 heterocycles. The molecule has 1 unspecified atom stereocenters. The molecule has 0 saturated heterocycles. The number of phenols is 1. The van der Waals surface area contributed by atoms with Crippen LogP contribution in [0.2, 0.25) is 0 Å². The van der Waals surface area contributed by atoms with Gasteiger partial charge in [-0.05, 0) is 47.7 Å². The molecule has 3 heteroatoms. The second-order valence-corrected chi connectivity index (χ2v) is 4.70. The van der Waals surface area contributed by atoms with E-state index in [1.807, 2.05) is 24.3 Å². The zero-order chi connectivity index (χ0) is 13.8. The minimum Gasteiger partial charge on any atom is -0.508 e. The summed E-state index contributed by atoms with van der Waals surface area (Å²) in [6.45, 7) is 2.08. The van der Waals surface area contributed by atoms with Gasteiger partial charge in [-0.15, -0.1) is 0 Å². The number of aromatic carboxylic acids is 1. The predicted octanol–water partition coefficient (Wildman–Crippen LogP) is 3.44. The fourth-order valence-electron chi connectivity index (χ4n) is 2.09. The van der Waals surface area contributed by atoms with Crippen molar-refractivity contribution in [3.8, 4) is 5.75 Å². The molecule has 0 radical (unpaired) electrons. The summed E-state index contributed by atoms with van der Waals surface area (Å²) in [5.41, 5.74) is 2.46. The van der Waals surface area contributed by atoms with Crippen molar-refractivity contribution in [2.45, 2.75) is 19.3 Å². The normalized spacial score (nSPS) is 12.1. The Bertz CT molecular complexity index is 573. The highest BCUT2D eigenvalue weighted by Crippen LogP contribution is 2.23. The van der Waals surface area contributed by atoms with Gasteiger partial charge >= 0.3 is 5.97 Å². The van der Waals surface area contributed by atoms with Crippen LogP contribution < -0.4 is 0 Å². The van der Waals surface area contributed by atoms with Crippen LogP contribution in [0.3, 0.4) is 0 Å². The molecule has 2 aromatic carbocycles. The average Bonchev–Trinajstić information content (AvgIpc) is 2.39. The standard InChI is InChI=1S/C16H16O3/c1-11(14-3-2-4-15(17)10-14)9-12-5-7-13(8-6-12)16(18)19/h2-8,10-11,17H,9H2,1H3,(H,18,19). The number of carboxylic acids is 1. The Kier molecular flexibility index (Phi) is 3.85. The van der Waals surface area contributed by atoms with Gasteiger partial charge in [0, 0.05) is 0 Å². The molecule has 2 aromatic rings. The van der Waals surface area contributed by atoms with Crippen LogP contribution >= 0.6 is 0 Å². The fraction of sp³-hybridized carbons (Fsp3) is 0.188. The highest BCUT2D eigenvalue weighted by molar-refractivity contribution is 5.87. The van der Waals surface area contributed by atoms with Crippen molar-refractivity contribution < 1.29 is 15.0 Å². The van der Waals surface area contributed by atoms with Crippen LogP contribution in [0.1, 0.15) is 34.3 Å². The number of hydrogen-bond donors (Lipinski definition) is 2. The van der Waals surface area contributed by atoms with Gasteiger partial charge in [-0.25, -0.2) is 4.79 Å². The first kappa shape index (κ1) is 13.1. The predicted molar refractivity (Wildman–Crippen MR) is 73.6 cm³/mol. The number of carboxylic acid groups (broad SMARTS) is 1. The Morgan fingerprint density at radius 2 is 1.84 bits per heavy atom. The number of benzene rings is 2. The van der Waals surface area contributed by atoms with Gasteiger partial charge in [-0.2, -0.15) is 0 Å². The molecule has 2 rings (SSSR count). The van der Waals surface area contributed by atoms with Gasteiger partial charge in [0.25, 0.3) is 0 Å². The summed E-state index contributed by atoms with van der Waals surface area (Å²) in [4.78, 5) is 10.8. The average molecular weight is 256 g/mol. The first-order valence-electron chi connectivity index (χ1n) is 6.17. The summed E-state index contributed by atoms with van der Waals surface area (Å²) >= 11 is 0. The number of hydrogen-bond acceptors (Lipinski definition) is 2. The van der Waals surface area contributed by atoms with E-state index in [-0.39, 0.29) is 11.7 Å². The van der Waals surface area contributed by atoms with E-state index in [2.05, 4.69) is 6.92 Å². The third-order valence-corrected chi connectivity index (χ3v) is 3.18. The second kappa shape index (κ2) is 5.57. The van der Waals surface area contributed by atoms with Crippen molar-refractivity contribution in [2.24, 2.45) is 0 Å². The van der Waals surface area contributed by atoms with Gasteiger partial charge in [0.2, 0.25) is 0 Å². The minimum absolute atomic E-state index is 0.266. The van der Waals surface area contributed by atoms with Gasteiger partial charge in [0.15, 0.2) is 0 Å². The molecular formula is C16H16O3. The van der Waals surface area contributed by atoms with Crippen LogP contribution in [-0.4, -0.2) is 16.2 Å². The second-order valence-electron chi connectivity index (χ2n) is 4.70. The van der Waals surface area contributed by atoms with E-state index in [9.17, 15) is 9.90 Å². The SMILES string of the molecule is CC(Cc1ccc(C(=O)O)cc1)c1cccc(O)c1. The third kappa shape index (κ3) is 3.35. The topological polar surface area (TPSA) is 57.5 Å². The molecule has 1 atom stereocenters. The number of phenolic OH excluding ortho intramolecular Hbond substituents is 1. The maximum Gasteiger partial charge on any atom is 0.335 e. The Hall–Kier alpha value is -2.29. The lowest BCUT2D eigenvalue weighted by molar-refractivity contribution is 0.0697. The molecule has 0 spiro atoms. The van der Waals surface area contributed by atoms with Crippen LogP contribution in [0.25, 0.3) is 0 Å². The molecule has 98 valence electrons. The molecule has 0 amide bonds. The molecule has 0 bridgehead atoms. The van der Waals surface area contributed by atoms with E-state index < -0.39 is 5.97 Å². The monoisotopic (exact) mass is 256 g/mol. The lowest BCUT2D eigenvalue weighted by atomic mass is 9.93. The van der Waals surface area contributed by atoms with Crippen molar-refractivity contribution >= 4 is 5.97 Å². The van der Waals surface area contributed by atoms with Crippen LogP contribution in [0.5, 0.6) is 5.75 Å². The van der Waals surface area contributed by atoms with Crippen LogP contribution in [0.4, 0.5) is 0 Å². The molecular weight excluding hydrogens is 240 g/mol. The van der Waals surface area contributed by atoms with Crippen molar-refractivity contribution in [1.82, 2.24) is 0 Å². The molecule has 0 aromatic heterocycles. The van der Waals surface area contributed by atoms with Crippen molar-refractivity contribution in [1.29, 1.82) is 0 Å². The third-order valence-electron chi connectivity index (χ3n) is 3.18. The molecule has 0 aliphatic rings. The van der Waals surface area contributed by atoms with Gasteiger partial charge in [0.05, 0.1) is 5.56 Å². The highest BCUT2D eigenvalue weighted by atomic mass is 16.4. The quantitative estimate of drug-likeness (QED) is 0.881. The van der Waals surface area contributed by atoms with Crippen LogP contribution in [-0.2, 0) is 6.42 Å². The Labute approximate surface area is 112 Å². The maximum absolute atomic E-state index is 10.8. The summed E-state index contributed by atoms with van der Waals surface area (Å²) in [5.74, 6) is -0.374. The molecule has 2 N–H and O–H groups in total. The van der Waals surface area contributed by atoms with Crippen LogP contribution in [0, 0.1) is 0 Å². The van der Waals surface area contributed by atoms with E-state index in [0.29, 0.717) is 5.56 Å². The largest absolute Gasteiger partial charge is 0.508 e. The lowest BCUT2D eigenvalue weighted by Gasteiger charge is -2.12. The van der Waals surface area contributed by atoms with Crippen molar-refractivity contribution in [3.63, 3.8) is 0 Å². The lowest BCUT2D eigenvalue weighted by Crippen LogP contribution is -2.00. The zero-order valence-corrected chi connectivity index (χ0v) is 10.7. The summed E-state index contributed by atoms with van der Waals surface area (Å²) < 4.78 is 0. The molecule has 19 heavy (non-hydrogen) atoms. The van der Waals surface area contributed by atoms with E-state index in [0.717, 1.165) is 17.5 Å². The zero-order valence-electron chi connectivity index (χ0n) is 10.7. The van der Waals surface area contributed by atoms with Gasteiger partial charge in [0.1, 0.15) is 5.75 Å². The number of aromatic hydroxyl groups is 1. The van der Waals surface area contributed by atoms with Gasteiger partial charge < -0.3 is 10.2 Å². The minimum atomic E-state index is -0.910. The maximum atomic E-state index is 10.8. The smallest absolute Gasteiger partial charge is 0.335 e. The number of rotatable bonds is 4. The summed E-state index contributed by atoms with van der Waals surface area (Å²) in [6.07, 6.45) is 0.809. The Morgan fingerprint density at radius 3 is 2.42 bits per heavy atom. The van der Waals surface area contributed by atoms with Crippen LogP contribution in [0.15, 0.2) is 48.5 Å². The van der Waals surface area contributed by atoms with E-state index >= 15 is 0 Å². The summed E-state index contributed by atoms with van der Waals surface area (Å²) in [5, 5.41) is 18.3. The molecule has 0 aliphatic heterocycles. The molecule has 0 saturated carbocycles. The Morgan fingerprint density at radius 1 is 1.16 bits per heavy atom. The van der Waals surface area contributed by atoms with Crippen molar-refractivity contribution in [3.05, 3.63) is 65.2 Å². The van der Waals surface area contributed by atoms with Crippen molar-refractivity contribution in [2.75, 3.05) is 0 Å². The van der Waals surface area contributed by atoms with Gasteiger partial charge in [-0.1, -0.05) is 31.2 Å². The first-order valence-corrected chi connectivity index (χ1v) is 6.17. The summed E-state index contributed by atoms with van der Waals surface area (Å²) in [6, 6.07) is 14.1. The molecule has 0 aliphatic carbocycles. The van der Waals surface area contributed by atoms with E-state index in [1.165, 1.54) is 0 Å². The highest BCUT2D eigenvalue weighted by Gasteiger charge is 2.08. The first-order chi connectivity index (χ1) is 9.06. The molecule has 0 fully saturated rings. The fourth-order valence-corrected chi connectivity index (χ4v) is 2.09.